The van der Waals surface area contributed by atoms with E-state index in [1.807, 2.05) is 36.8 Å². The summed E-state index contributed by atoms with van der Waals surface area (Å²) in [5.41, 5.74) is 5.70. The summed E-state index contributed by atoms with van der Waals surface area (Å²) in [6.45, 7) is 8.09. The van der Waals surface area contributed by atoms with Gasteiger partial charge in [-0.3, -0.25) is 9.59 Å². The maximum atomic E-state index is 14.2. The first-order chi connectivity index (χ1) is 30.0. The molecular formula is C46H60N8O8. The number of nitrogens with zero attached hydrogens (tertiary/aromatic N) is 4. The molecule has 16 nitrogen and oxygen atoms in total. The summed E-state index contributed by atoms with van der Waals surface area (Å²) >= 11 is 0. The largest absolute Gasteiger partial charge is 0.453 e. The monoisotopic (exact) mass is 852 g/mol. The number of rotatable bonds is 14. The number of aromatic amines is 2. The quantitative estimate of drug-likeness (QED) is 0.107. The molecule has 1 unspecified atom stereocenters. The lowest BCUT2D eigenvalue weighted by molar-refractivity contribution is -0.138. The minimum atomic E-state index is -0.729. The van der Waals surface area contributed by atoms with E-state index in [4.69, 9.17) is 28.9 Å². The van der Waals surface area contributed by atoms with E-state index in [1.54, 1.807) is 13.3 Å². The number of carbonyl (C=O) groups is 4. The number of aromatic nitrogens is 4. The fourth-order valence-electron chi connectivity index (χ4n) is 9.22. The average molecular weight is 853 g/mol. The third-order valence-corrected chi connectivity index (χ3v) is 12.9. The molecule has 62 heavy (non-hydrogen) atoms. The number of benzene rings is 2. The minimum Gasteiger partial charge on any atom is -0.453 e. The maximum absolute atomic E-state index is 14.2. The molecule has 7 atom stereocenters. The number of carbonyl (C=O) groups excluding carboxylic acids is 4. The van der Waals surface area contributed by atoms with E-state index < -0.39 is 24.3 Å². The standard InChI is InChI=1S/C46H60N8O8/c1-7-27(2)39(51-45(57)60-5)43(55)53-25-29(26-59-4)22-38(53)42-48-24-36(50-42)33-15-11-31(12-16-33)30-9-13-32(14-10-30)35-23-47-41(49-35)37-17-8-28(3)54(37)44(56)40(52-46(58)61-6)34-18-20-62-21-19-34/h9-16,23-24,27-29,34,37-40H,7-8,17-22,25-26H2,1-6H3,(H,47,49)(H,48,50)(H,51,57)(H,52,58)/t27-,28-,29-,37-,38-,39?,40-/m0/s1. The number of nitrogens with one attached hydrogen (secondary N) is 4. The van der Waals surface area contributed by atoms with Gasteiger partial charge in [-0.25, -0.2) is 19.6 Å². The van der Waals surface area contributed by atoms with E-state index in [-0.39, 0.29) is 47.7 Å². The van der Waals surface area contributed by atoms with Gasteiger partial charge in [-0.15, -0.1) is 0 Å². The summed E-state index contributed by atoms with van der Waals surface area (Å²) in [5, 5.41) is 5.59. The Hall–Kier alpha value is -5.74. The molecule has 3 aliphatic heterocycles. The highest BCUT2D eigenvalue weighted by atomic mass is 16.5. The van der Waals surface area contributed by atoms with E-state index in [9.17, 15) is 19.2 Å². The van der Waals surface area contributed by atoms with Crippen LogP contribution in [0.1, 0.15) is 83.0 Å². The van der Waals surface area contributed by atoms with Crippen LogP contribution in [-0.4, -0.2) is 120 Å². The van der Waals surface area contributed by atoms with E-state index in [2.05, 4.69) is 69.1 Å². The normalized spacial score (nSPS) is 21.9. The van der Waals surface area contributed by atoms with Crippen LogP contribution < -0.4 is 10.6 Å². The Morgan fingerprint density at radius 2 is 1.32 bits per heavy atom. The van der Waals surface area contributed by atoms with Crippen LogP contribution in [0.15, 0.2) is 60.9 Å². The zero-order valence-corrected chi connectivity index (χ0v) is 36.5. The summed E-state index contributed by atoms with van der Waals surface area (Å²) in [5.74, 6) is 1.10. The van der Waals surface area contributed by atoms with Gasteiger partial charge in [0.25, 0.3) is 0 Å². The fourth-order valence-corrected chi connectivity index (χ4v) is 9.22. The predicted octanol–water partition coefficient (Wildman–Crippen LogP) is 6.64. The lowest BCUT2D eigenvalue weighted by Crippen LogP contribution is -2.54. The van der Waals surface area contributed by atoms with E-state index in [1.165, 1.54) is 14.2 Å². The van der Waals surface area contributed by atoms with Gasteiger partial charge >= 0.3 is 12.2 Å². The van der Waals surface area contributed by atoms with Gasteiger partial charge in [0.2, 0.25) is 11.8 Å². The lowest BCUT2D eigenvalue weighted by Gasteiger charge is -2.36. The number of H-pyrrole nitrogens is 2. The third kappa shape index (κ3) is 9.65. The van der Waals surface area contributed by atoms with Gasteiger partial charge in [0, 0.05) is 38.8 Å². The smallest absolute Gasteiger partial charge is 0.407 e. The summed E-state index contributed by atoms with van der Waals surface area (Å²) in [6.07, 6.45) is 6.70. The molecule has 0 aliphatic carbocycles. The SMILES string of the molecule is CC[C@H](C)C(NC(=O)OC)C(=O)N1C[C@@H](COC)C[C@H]1c1ncc(-c2ccc(-c3ccc(-c4cnc([C@@H]5CC[C@H](C)N5C(=O)[C@@H](NC(=O)OC)C5CCOCC5)[nH]4)cc3)cc2)[nH]1. The van der Waals surface area contributed by atoms with Crippen LogP contribution in [0.4, 0.5) is 9.59 Å². The Bertz CT molecular complexity index is 2150. The number of imidazole rings is 2. The van der Waals surface area contributed by atoms with Crippen LogP contribution >= 0.6 is 0 Å². The average Bonchev–Trinajstić information content (AvgIpc) is 4.14. The van der Waals surface area contributed by atoms with Crippen molar-refractivity contribution in [3.05, 3.63) is 72.6 Å². The molecule has 0 bridgehead atoms. The summed E-state index contributed by atoms with van der Waals surface area (Å²) in [4.78, 5) is 73.0. The zero-order valence-electron chi connectivity index (χ0n) is 36.5. The van der Waals surface area contributed by atoms with Crippen molar-refractivity contribution in [3.63, 3.8) is 0 Å². The minimum absolute atomic E-state index is 0.0170. The van der Waals surface area contributed by atoms with Crippen molar-refractivity contribution in [1.82, 2.24) is 40.4 Å². The second kappa shape index (κ2) is 20.0. The number of amides is 4. The molecular weight excluding hydrogens is 793 g/mol. The topological polar surface area (TPSA) is 193 Å². The second-order valence-electron chi connectivity index (χ2n) is 16.8. The van der Waals surface area contributed by atoms with Crippen LogP contribution in [0.3, 0.4) is 0 Å². The van der Waals surface area contributed by atoms with Gasteiger partial charge < -0.3 is 49.3 Å². The van der Waals surface area contributed by atoms with Gasteiger partial charge in [0.15, 0.2) is 0 Å². The Morgan fingerprint density at radius 1 is 0.774 bits per heavy atom. The van der Waals surface area contributed by atoms with Gasteiger partial charge in [0.1, 0.15) is 23.7 Å². The van der Waals surface area contributed by atoms with Crippen LogP contribution in [0.25, 0.3) is 33.6 Å². The van der Waals surface area contributed by atoms with Crippen LogP contribution in [-0.2, 0) is 28.5 Å². The van der Waals surface area contributed by atoms with Crippen LogP contribution in [0.2, 0.25) is 0 Å². The molecule has 0 radical (unpaired) electrons. The predicted molar refractivity (Wildman–Crippen MR) is 231 cm³/mol. The van der Waals surface area contributed by atoms with Gasteiger partial charge in [-0.05, 0) is 73.1 Å². The molecule has 4 amide bonds. The van der Waals surface area contributed by atoms with Crippen molar-refractivity contribution in [2.75, 3.05) is 47.7 Å². The van der Waals surface area contributed by atoms with Crippen molar-refractivity contribution in [3.8, 4) is 33.6 Å². The molecule has 5 heterocycles. The maximum Gasteiger partial charge on any atom is 0.407 e. The van der Waals surface area contributed by atoms with Gasteiger partial charge in [0.05, 0.1) is 56.7 Å². The first-order valence-corrected chi connectivity index (χ1v) is 21.7. The second-order valence-corrected chi connectivity index (χ2v) is 16.8. The number of hydrogen-bond donors (Lipinski definition) is 4. The highest BCUT2D eigenvalue weighted by Crippen LogP contribution is 2.39. The van der Waals surface area contributed by atoms with Gasteiger partial charge in [-0.2, -0.15) is 0 Å². The molecule has 3 saturated heterocycles. The molecule has 0 spiro atoms. The number of methoxy groups -OCH3 is 3. The Labute approximate surface area is 362 Å². The molecule has 2 aromatic heterocycles. The van der Waals surface area contributed by atoms with Gasteiger partial charge in [-0.1, -0.05) is 68.8 Å². The van der Waals surface area contributed by atoms with E-state index in [0.29, 0.717) is 57.9 Å². The third-order valence-electron chi connectivity index (χ3n) is 12.9. The highest BCUT2D eigenvalue weighted by molar-refractivity contribution is 5.87. The summed E-state index contributed by atoms with van der Waals surface area (Å²) in [7, 11) is 4.26. The summed E-state index contributed by atoms with van der Waals surface area (Å²) in [6, 6.07) is 14.5. The Morgan fingerprint density at radius 3 is 1.87 bits per heavy atom. The lowest BCUT2D eigenvalue weighted by atomic mass is 9.90. The van der Waals surface area contributed by atoms with E-state index >= 15 is 0 Å². The fraction of sp³-hybridized carbons (Fsp3) is 0.522. The molecule has 332 valence electrons. The number of hydrogen-bond acceptors (Lipinski definition) is 10. The first-order valence-electron chi connectivity index (χ1n) is 21.7. The van der Waals surface area contributed by atoms with Crippen LogP contribution in [0, 0.1) is 17.8 Å². The molecule has 16 heteroatoms. The molecule has 3 aliphatic rings. The van der Waals surface area contributed by atoms with Crippen molar-refractivity contribution in [2.24, 2.45) is 17.8 Å². The number of alkyl carbamates (subject to hydrolysis) is 2. The number of likely N-dealkylation sites (tertiary alicyclic amines) is 2. The Balaban J connectivity index is 1.03. The van der Waals surface area contributed by atoms with Crippen molar-refractivity contribution in [1.29, 1.82) is 0 Å². The van der Waals surface area contributed by atoms with Crippen molar-refractivity contribution >= 4 is 24.0 Å². The van der Waals surface area contributed by atoms with Crippen molar-refractivity contribution in [2.45, 2.75) is 89.5 Å². The Kier molecular flexibility index (Phi) is 14.3. The highest BCUT2D eigenvalue weighted by Gasteiger charge is 2.44. The molecule has 0 saturated carbocycles. The van der Waals surface area contributed by atoms with Crippen LogP contribution in [0.5, 0.6) is 0 Å². The number of ether oxygens (including phenoxy) is 4. The van der Waals surface area contributed by atoms with E-state index in [0.717, 1.165) is 52.3 Å². The zero-order chi connectivity index (χ0) is 43.9. The molecule has 3 fully saturated rings. The molecule has 2 aromatic carbocycles. The first kappa shape index (κ1) is 44.3. The van der Waals surface area contributed by atoms with Crippen molar-refractivity contribution < 1.29 is 38.1 Å². The molecule has 4 aromatic rings. The molecule has 7 rings (SSSR count). The molecule has 4 N–H and O–H groups in total. The summed E-state index contributed by atoms with van der Waals surface area (Å²) < 4.78 is 20.8.